The molecule has 0 spiro atoms. The lowest BCUT2D eigenvalue weighted by Crippen LogP contribution is -2.42. The highest BCUT2D eigenvalue weighted by atomic mass is 16.2. The van der Waals surface area contributed by atoms with Gasteiger partial charge in [0.05, 0.1) is 0 Å². The molecule has 2 aromatic rings. The molecule has 2 amide bonds. The molecule has 0 bridgehead atoms. The Bertz CT molecular complexity index is 666. The van der Waals surface area contributed by atoms with E-state index in [0.29, 0.717) is 6.54 Å². The molecule has 0 aliphatic carbocycles. The second-order valence-corrected chi connectivity index (χ2v) is 5.40. The first-order chi connectivity index (χ1) is 10.2. The molecule has 3 heteroatoms. The van der Waals surface area contributed by atoms with Crippen molar-refractivity contribution >= 4 is 17.4 Å². The Morgan fingerprint density at radius 3 is 2.76 bits per heavy atom. The van der Waals surface area contributed by atoms with Gasteiger partial charge in [0, 0.05) is 24.5 Å². The van der Waals surface area contributed by atoms with Crippen LogP contribution in [0.2, 0.25) is 0 Å². The maximum absolute atomic E-state index is 12.9. The van der Waals surface area contributed by atoms with Gasteiger partial charge in [-0.05, 0) is 49.6 Å². The van der Waals surface area contributed by atoms with Gasteiger partial charge >= 0.3 is 6.03 Å². The molecule has 0 N–H and O–H groups in total. The van der Waals surface area contributed by atoms with E-state index in [2.05, 4.69) is 12.1 Å². The van der Waals surface area contributed by atoms with E-state index in [0.717, 1.165) is 24.3 Å². The smallest absolute Gasteiger partial charge is 0.294 e. The number of para-hydroxylation sites is 1. The Hall–Kier alpha value is -2.29. The van der Waals surface area contributed by atoms with E-state index in [1.54, 1.807) is 0 Å². The highest BCUT2D eigenvalue weighted by molar-refractivity contribution is 6.04. The number of nitrogens with zero attached hydrogens (tertiary/aromatic N) is 2. The van der Waals surface area contributed by atoms with Crippen molar-refractivity contribution in [1.82, 2.24) is 0 Å². The monoisotopic (exact) mass is 280 g/mol. The molecule has 0 unspecified atom stereocenters. The van der Waals surface area contributed by atoms with Crippen LogP contribution in [0.5, 0.6) is 0 Å². The van der Waals surface area contributed by atoms with Crippen LogP contribution in [0.1, 0.15) is 18.1 Å². The second-order valence-electron chi connectivity index (χ2n) is 5.40. The minimum atomic E-state index is 0.0630. The number of carbonyl (C=O) groups excluding carboxylic acids is 1. The van der Waals surface area contributed by atoms with Crippen LogP contribution in [0, 0.1) is 6.92 Å². The van der Waals surface area contributed by atoms with Crippen LogP contribution in [0.4, 0.5) is 16.2 Å². The molecular weight excluding hydrogens is 260 g/mol. The molecule has 1 aliphatic rings. The number of aryl methyl sites for hydroxylation is 1. The molecule has 3 rings (SSSR count). The van der Waals surface area contributed by atoms with E-state index in [1.807, 2.05) is 60.0 Å². The van der Waals surface area contributed by atoms with Gasteiger partial charge in [-0.25, -0.2) is 4.79 Å². The van der Waals surface area contributed by atoms with Crippen molar-refractivity contribution in [2.75, 3.05) is 22.9 Å². The molecule has 0 fully saturated rings. The quantitative estimate of drug-likeness (QED) is 0.815. The minimum absolute atomic E-state index is 0.0630. The third kappa shape index (κ3) is 2.51. The largest absolute Gasteiger partial charge is 0.328 e. The summed E-state index contributed by atoms with van der Waals surface area (Å²) in [4.78, 5) is 16.6. The van der Waals surface area contributed by atoms with E-state index < -0.39 is 0 Å². The maximum Gasteiger partial charge on any atom is 0.328 e. The first kappa shape index (κ1) is 13.7. The SMILES string of the molecule is CCN(C(=O)N1CCc2ccccc21)c1cccc(C)c1. The first-order valence-electron chi connectivity index (χ1n) is 7.44. The second kappa shape index (κ2) is 5.60. The van der Waals surface area contributed by atoms with Crippen LogP contribution in [0.3, 0.4) is 0 Å². The fraction of sp³-hybridized carbons (Fsp3) is 0.278. The Morgan fingerprint density at radius 2 is 2.00 bits per heavy atom. The fourth-order valence-corrected chi connectivity index (χ4v) is 2.91. The van der Waals surface area contributed by atoms with Gasteiger partial charge in [0.15, 0.2) is 0 Å². The van der Waals surface area contributed by atoms with Crippen molar-refractivity contribution in [3.63, 3.8) is 0 Å². The molecule has 0 atom stereocenters. The van der Waals surface area contributed by atoms with Crippen LogP contribution in [-0.4, -0.2) is 19.1 Å². The number of hydrogen-bond acceptors (Lipinski definition) is 1. The minimum Gasteiger partial charge on any atom is -0.294 e. The van der Waals surface area contributed by atoms with Gasteiger partial charge in [-0.1, -0.05) is 30.3 Å². The van der Waals surface area contributed by atoms with Crippen LogP contribution in [0.15, 0.2) is 48.5 Å². The average molecular weight is 280 g/mol. The van der Waals surface area contributed by atoms with Crippen molar-refractivity contribution in [3.8, 4) is 0 Å². The zero-order valence-electron chi connectivity index (χ0n) is 12.5. The van der Waals surface area contributed by atoms with Crippen molar-refractivity contribution in [3.05, 3.63) is 59.7 Å². The summed E-state index contributed by atoms with van der Waals surface area (Å²) < 4.78 is 0. The number of amides is 2. The molecule has 3 nitrogen and oxygen atoms in total. The summed E-state index contributed by atoms with van der Waals surface area (Å²) >= 11 is 0. The lowest BCUT2D eigenvalue weighted by Gasteiger charge is -2.27. The van der Waals surface area contributed by atoms with Crippen LogP contribution >= 0.6 is 0 Å². The third-order valence-corrected chi connectivity index (χ3v) is 3.98. The van der Waals surface area contributed by atoms with Crippen molar-refractivity contribution in [1.29, 1.82) is 0 Å². The van der Waals surface area contributed by atoms with E-state index >= 15 is 0 Å². The molecule has 0 saturated heterocycles. The van der Waals surface area contributed by atoms with Crippen molar-refractivity contribution < 1.29 is 4.79 Å². The summed E-state index contributed by atoms with van der Waals surface area (Å²) in [7, 11) is 0. The lowest BCUT2D eigenvalue weighted by molar-refractivity contribution is 0.252. The molecule has 108 valence electrons. The molecule has 1 aliphatic heterocycles. The number of benzene rings is 2. The van der Waals surface area contributed by atoms with Crippen molar-refractivity contribution in [2.24, 2.45) is 0 Å². The summed E-state index contributed by atoms with van der Waals surface area (Å²) in [5.74, 6) is 0. The Labute approximate surface area is 125 Å². The number of urea groups is 1. The average Bonchev–Trinajstić information content (AvgIpc) is 2.92. The van der Waals surface area contributed by atoms with E-state index in [9.17, 15) is 4.79 Å². The number of carbonyl (C=O) groups is 1. The predicted molar refractivity (Wildman–Crippen MR) is 87.1 cm³/mol. The van der Waals surface area contributed by atoms with E-state index in [-0.39, 0.29) is 6.03 Å². The fourth-order valence-electron chi connectivity index (χ4n) is 2.91. The van der Waals surface area contributed by atoms with Crippen molar-refractivity contribution in [2.45, 2.75) is 20.3 Å². The molecule has 21 heavy (non-hydrogen) atoms. The molecule has 0 radical (unpaired) electrons. The Balaban J connectivity index is 1.91. The van der Waals surface area contributed by atoms with Gasteiger partial charge in [0.2, 0.25) is 0 Å². The van der Waals surface area contributed by atoms with Gasteiger partial charge in [0.1, 0.15) is 0 Å². The third-order valence-electron chi connectivity index (χ3n) is 3.98. The molecule has 1 heterocycles. The number of rotatable bonds is 2. The summed E-state index contributed by atoms with van der Waals surface area (Å²) in [6.45, 7) is 5.50. The van der Waals surface area contributed by atoms with Gasteiger partial charge in [-0.2, -0.15) is 0 Å². The number of anilines is 2. The van der Waals surface area contributed by atoms with Gasteiger partial charge in [-0.3, -0.25) is 9.80 Å². The number of hydrogen-bond donors (Lipinski definition) is 0. The molecule has 0 aromatic heterocycles. The van der Waals surface area contributed by atoms with Gasteiger partial charge in [-0.15, -0.1) is 0 Å². The summed E-state index contributed by atoms with van der Waals surface area (Å²) in [6, 6.07) is 16.3. The van der Waals surface area contributed by atoms with Crippen LogP contribution < -0.4 is 9.80 Å². The van der Waals surface area contributed by atoms with E-state index in [1.165, 1.54) is 11.1 Å². The topological polar surface area (TPSA) is 23.6 Å². The molecule has 0 saturated carbocycles. The summed E-state index contributed by atoms with van der Waals surface area (Å²) in [6.07, 6.45) is 0.938. The highest BCUT2D eigenvalue weighted by Crippen LogP contribution is 2.29. The predicted octanol–water partition coefficient (Wildman–Crippen LogP) is 4.00. The van der Waals surface area contributed by atoms with Gasteiger partial charge < -0.3 is 0 Å². The highest BCUT2D eigenvalue weighted by Gasteiger charge is 2.28. The zero-order chi connectivity index (χ0) is 14.8. The van der Waals surface area contributed by atoms with E-state index in [4.69, 9.17) is 0 Å². The lowest BCUT2D eigenvalue weighted by atomic mass is 10.2. The zero-order valence-corrected chi connectivity index (χ0v) is 12.5. The number of fused-ring (bicyclic) bond motifs is 1. The summed E-state index contributed by atoms with van der Waals surface area (Å²) in [5.41, 5.74) is 4.44. The van der Waals surface area contributed by atoms with Gasteiger partial charge in [0.25, 0.3) is 0 Å². The summed E-state index contributed by atoms with van der Waals surface area (Å²) in [5, 5.41) is 0. The maximum atomic E-state index is 12.9. The molecule has 2 aromatic carbocycles. The molecular formula is C18H20N2O. The van der Waals surface area contributed by atoms with Crippen LogP contribution in [0.25, 0.3) is 0 Å². The first-order valence-corrected chi connectivity index (χ1v) is 7.44. The van der Waals surface area contributed by atoms with Crippen LogP contribution in [-0.2, 0) is 6.42 Å². The normalized spacial score (nSPS) is 13.1. The standard InChI is InChI=1S/C18H20N2O/c1-3-19(16-9-6-7-14(2)13-16)18(21)20-12-11-15-8-4-5-10-17(15)20/h4-10,13H,3,11-12H2,1-2H3. The Morgan fingerprint density at radius 1 is 1.19 bits per heavy atom. The Kier molecular flexibility index (Phi) is 3.65.